The summed E-state index contributed by atoms with van der Waals surface area (Å²) >= 11 is 0. The quantitative estimate of drug-likeness (QED) is 0.785. The second-order valence-corrected chi connectivity index (χ2v) is 3.97. The third-order valence-electron chi connectivity index (χ3n) is 2.59. The van der Waals surface area contributed by atoms with Crippen molar-refractivity contribution in [2.75, 3.05) is 0 Å². The lowest BCUT2D eigenvalue weighted by molar-refractivity contribution is -0.117. The summed E-state index contributed by atoms with van der Waals surface area (Å²) in [5, 5.41) is 0. The SMILES string of the molecule is O=C(Cc1ccccc1)Cc1ccccc1F. The fourth-order valence-electron chi connectivity index (χ4n) is 1.74. The van der Waals surface area contributed by atoms with E-state index in [9.17, 15) is 9.18 Å². The molecule has 0 saturated heterocycles. The van der Waals surface area contributed by atoms with Crippen molar-refractivity contribution in [3.8, 4) is 0 Å². The summed E-state index contributed by atoms with van der Waals surface area (Å²) < 4.78 is 13.3. The zero-order valence-electron chi connectivity index (χ0n) is 9.40. The van der Waals surface area contributed by atoms with E-state index in [1.807, 2.05) is 30.3 Å². The van der Waals surface area contributed by atoms with Gasteiger partial charge in [0.15, 0.2) is 0 Å². The Hall–Kier alpha value is -1.96. The summed E-state index contributed by atoms with van der Waals surface area (Å²) in [5.41, 5.74) is 1.43. The lowest BCUT2D eigenvalue weighted by Crippen LogP contribution is -2.07. The van der Waals surface area contributed by atoms with E-state index in [1.165, 1.54) is 6.07 Å². The molecule has 0 aliphatic carbocycles. The van der Waals surface area contributed by atoms with E-state index in [2.05, 4.69) is 0 Å². The molecule has 0 saturated carbocycles. The van der Waals surface area contributed by atoms with E-state index < -0.39 is 0 Å². The molecule has 2 aromatic rings. The first-order valence-corrected chi connectivity index (χ1v) is 5.55. The van der Waals surface area contributed by atoms with E-state index in [1.54, 1.807) is 18.2 Å². The molecule has 0 N–H and O–H groups in total. The highest BCUT2D eigenvalue weighted by Crippen LogP contribution is 2.09. The van der Waals surface area contributed by atoms with Crippen molar-refractivity contribution in [1.82, 2.24) is 0 Å². The maximum absolute atomic E-state index is 13.3. The molecular formula is C15H13FO. The first kappa shape index (κ1) is 11.5. The molecule has 2 aromatic carbocycles. The van der Waals surface area contributed by atoms with Crippen LogP contribution in [0.25, 0.3) is 0 Å². The van der Waals surface area contributed by atoms with Crippen molar-refractivity contribution in [3.63, 3.8) is 0 Å². The van der Waals surface area contributed by atoms with Gasteiger partial charge in [0, 0.05) is 12.8 Å². The number of hydrogen-bond donors (Lipinski definition) is 0. The molecule has 0 amide bonds. The Labute approximate surface area is 99.9 Å². The summed E-state index contributed by atoms with van der Waals surface area (Å²) in [6.07, 6.45) is 0.511. The number of benzene rings is 2. The van der Waals surface area contributed by atoms with Gasteiger partial charge in [0.1, 0.15) is 11.6 Å². The van der Waals surface area contributed by atoms with E-state index >= 15 is 0 Å². The zero-order valence-corrected chi connectivity index (χ0v) is 9.40. The number of rotatable bonds is 4. The predicted octanol–water partition coefficient (Wildman–Crippen LogP) is 3.18. The van der Waals surface area contributed by atoms with Gasteiger partial charge in [0.05, 0.1) is 0 Å². The number of hydrogen-bond acceptors (Lipinski definition) is 1. The monoisotopic (exact) mass is 228 g/mol. The van der Waals surface area contributed by atoms with Crippen LogP contribution in [-0.4, -0.2) is 5.78 Å². The molecule has 0 aliphatic heterocycles. The molecule has 17 heavy (non-hydrogen) atoms. The van der Waals surface area contributed by atoms with Crippen molar-refractivity contribution in [1.29, 1.82) is 0 Å². The maximum Gasteiger partial charge on any atom is 0.141 e. The summed E-state index contributed by atoms with van der Waals surface area (Å²) in [6, 6.07) is 15.9. The Morgan fingerprint density at radius 3 is 2.24 bits per heavy atom. The smallest absolute Gasteiger partial charge is 0.141 e. The minimum Gasteiger partial charge on any atom is -0.299 e. The second-order valence-electron chi connectivity index (χ2n) is 3.97. The average Bonchev–Trinajstić information content (AvgIpc) is 2.33. The van der Waals surface area contributed by atoms with Crippen LogP contribution in [0.15, 0.2) is 54.6 Å². The van der Waals surface area contributed by atoms with Crippen LogP contribution in [0.5, 0.6) is 0 Å². The standard InChI is InChI=1S/C15H13FO/c16-15-9-5-4-8-13(15)11-14(17)10-12-6-2-1-3-7-12/h1-9H,10-11H2. The van der Waals surface area contributed by atoms with Gasteiger partial charge in [-0.15, -0.1) is 0 Å². The first-order chi connectivity index (χ1) is 8.25. The highest BCUT2D eigenvalue weighted by molar-refractivity contribution is 5.83. The fourth-order valence-corrected chi connectivity index (χ4v) is 1.74. The molecule has 0 radical (unpaired) electrons. The third kappa shape index (κ3) is 3.25. The van der Waals surface area contributed by atoms with Crippen molar-refractivity contribution in [2.24, 2.45) is 0 Å². The molecule has 2 rings (SSSR count). The Morgan fingerprint density at radius 1 is 0.882 bits per heavy atom. The molecule has 0 aromatic heterocycles. The van der Waals surface area contributed by atoms with Gasteiger partial charge < -0.3 is 0 Å². The fraction of sp³-hybridized carbons (Fsp3) is 0.133. The molecule has 0 atom stereocenters. The van der Waals surface area contributed by atoms with Gasteiger partial charge in [-0.25, -0.2) is 4.39 Å². The van der Waals surface area contributed by atoms with Crippen LogP contribution >= 0.6 is 0 Å². The number of halogens is 1. The maximum atomic E-state index is 13.3. The normalized spacial score (nSPS) is 10.2. The first-order valence-electron chi connectivity index (χ1n) is 5.55. The van der Waals surface area contributed by atoms with Crippen LogP contribution in [0.1, 0.15) is 11.1 Å². The minimum atomic E-state index is -0.311. The lowest BCUT2D eigenvalue weighted by Gasteiger charge is -2.02. The van der Waals surface area contributed by atoms with Gasteiger partial charge >= 0.3 is 0 Å². The lowest BCUT2D eigenvalue weighted by atomic mass is 10.0. The minimum absolute atomic E-state index is 0.0290. The van der Waals surface area contributed by atoms with Crippen LogP contribution in [-0.2, 0) is 17.6 Å². The Bertz CT molecular complexity index is 505. The largest absolute Gasteiger partial charge is 0.299 e. The molecule has 0 aliphatic rings. The van der Waals surface area contributed by atoms with E-state index in [4.69, 9.17) is 0 Å². The van der Waals surface area contributed by atoms with Crippen molar-refractivity contribution in [2.45, 2.75) is 12.8 Å². The molecule has 0 spiro atoms. The van der Waals surface area contributed by atoms with E-state index in [0.717, 1.165) is 5.56 Å². The van der Waals surface area contributed by atoms with Gasteiger partial charge in [-0.1, -0.05) is 48.5 Å². The van der Waals surface area contributed by atoms with Crippen LogP contribution in [0.4, 0.5) is 4.39 Å². The summed E-state index contributed by atoms with van der Waals surface area (Å²) in [5.74, 6) is -0.282. The molecule has 0 heterocycles. The van der Waals surface area contributed by atoms with E-state index in [-0.39, 0.29) is 18.0 Å². The van der Waals surface area contributed by atoms with Crippen molar-refractivity contribution < 1.29 is 9.18 Å². The highest BCUT2D eigenvalue weighted by Gasteiger charge is 2.08. The third-order valence-corrected chi connectivity index (χ3v) is 2.59. The second kappa shape index (κ2) is 5.39. The number of carbonyl (C=O) groups excluding carboxylic acids is 1. The van der Waals surface area contributed by atoms with Gasteiger partial charge in [-0.3, -0.25) is 4.79 Å². The molecule has 0 fully saturated rings. The molecule has 2 heteroatoms. The summed E-state index contributed by atoms with van der Waals surface area (Å²) in [6.45, 7) is 0. The molecular weight excluding hydrogens is 215 g/mol. The zero-order chi connectivity index (χ0) is 12.1. The van der Waals surface area contributed by atoms with Crippen LogP contribution in [0.2, 0.25) is 0 Å². The van der Waals surface area contributed by atoms with Gasteiger partial charge in [0.25, 0.3) is 0 Å². The van der Waals surface area contributed by atoms with Gasteiger partial charge in [-0.05, 0) is 17.2 Å². The van der Waals surface area contributed by atoms with Crippen molar-refractivity contribution in [3.05, 3.63) is 71.5 Å². The average molecular weight is 228 g/mol. The van der Waals surface area contributed by atoms with E-state index in [0.29, 0.717) is 12.0 Å². The Balaban J connectivity index is 2.01. The summed E-state index contributed by atoms with van der Waals surface area (Å²) in [7, 11) is 0. The van der Waals surface area contributed by atoms with Crippen LogP contribution in [0, 0.1) is 5.82 Å². The number of Topliss-reactive ketones (excluding diaryl/α,β-unsaturated/α-hetero) is 1. The Morgan fingerprint density at radius 2 is 1.53 bits per heavy atom. The van der Waals surface area contributed by atoms with Crippen molar-refractivity contribution >= 4 is 5.78 Å². The molecule has 0 bridgehead atoms. The van der Waals surface area contributed by atoms with Crippen LogP contribution in [0.3, 0.4) is 0 Å². The topological polar surface area (TPSA) is 17.1 Å². The van der Waals surface area contributed by atoms with Gasteiger partial charge in [0.2, 0.25) is 0 Å². The molecule has 0 unspecified atom stereocenters. The summed E-state index contributed by atoms with van der Waals surface area (Å²) in [4.78, 5) is 11.8. The van der Waals surface area contributed by atoms with Crippen LogP contribution < -0.4 is 0 Å². The Kier molecular flexibility index (Phi) is 3.66. The number of ketones is 1. The van der Waals surface area contributed by atoms with Gasteiger partial charge in [-0.2, -0.15) is 0 Å². The number of carbonyl (C=O) groups is 1. The molecule has 1 nitrogen and oxygen atoms in total. The predicted molar refractivity (Wildman–Crippen MR) is 65.3 cm³/mol. The molecule has 86 valence electrons. The highest BCUT2D eigenvalue weighted by atomic mass is 19.1.